The quantitative estimate of drug-likeness (QED) is 0.477. The number of hydrogen-bond acceptors (Lipinski definition) is 8. The van der Waals surface area contributed by atoms with Crippen molar-refractivity contribution < 1.29 is 40.3 Å². The average Bonchev–Trinajstić information content (AvgIpc) is 3.33. The van der Waals surface area contributed by atoms with Gasteiger partial charge >= 0.3 is 12.1 Å². The van der Waals surface area contributed by atoms with Gasteiger partial charge in [-0.05, 0) is 19.5 Å². The van der Waals surface area contributed by atoms with Crippen LogP contribution >= 0.6 is 22.9 Å². The van der Waals surface area contributed by atoms with Crippen molar-refractivity contribution in [3.63, 3.8) is 0 Å². The minimum Gasteiger partial charge on any atom is -0.485 e. The maximum absolute atomic E-state index is 14.8. The summed E-state index contributed by atoms with van der Waals surface area (Å²) >= 11 is 6.86. The number of nitrogens with one attached hydrogen (secondary N) is 1. The second kappa shape index (κ2) is 8.41. The predicted molar refractivity (Wildman–Crippen MR) is 102 cm³/mol. The molecule has 1 aliphatic heterocycles. The van der Waals surface area contributed by atoms with Crippen molar-refractivity contribution in [2.24, 2.45) is 0 Å². The van der Waals surface area contributed by atoms with Gasteiger partial charge in [0.05, 0.1) is 10.5 Å². The summed E-state index contributed by atoms with van der Waals surface area (Å²) in [6.07, 6.45) is -4.93. The lowest BCUT2D eigenvalue weighted by Crippen LogP contribution is -2.39. The largest absolute Gasteiger partial charge is 0.493 e. The molecule has 1 N–H and O–H groups in total. The van der Waals surface area contributed by atoms with Crippen LogP contribution in [0, 0.1) is 5.82 Å². The zero-order chi connectivity index (χ0) is 23.0. The van der Waals surface area contributed by atoms with Crippen molar-refractivity contribution in [3.8, 4) is 5.75 Å². The van der Waals surface area contributed by atoms with Crippen LogP contribution in [0.15, 0.2) is 27.9 Å². The first kappa shape index (κ1) is 23.5. The number of alkyl halides is 3. The fraction of sp³-hybridized carbons (Fsp3) is 0.375. The summed E-state index contributed by atoms with van der Waals surface area (Å²) in [5.41, 5.74) is 0.362. The molecular formula is C16H14ClF4N3O5S2. The summed E-state index contributed by atoms with van der Waals surface area (Å²) < 4.78 is 83.7. The van der Waals surface area contributed by atoms with Gasteiger partial charge in [0, 0.05) is 24.4 Å². The Morgan fingerprint density at radius 2 is 2.10 bits per heavy atom. The van der Waals surface area contributed by atoms with Gasteiger partial charge in [-0.2, -0.15) is 21.6 Å². The van der Waals surface area contributed by atoms with Crippen LogP contribution in [0.2, 0.25) is 5.02 Å². The Bertz CT molecular complexity index is 1070. The van der Waals surface area contributed by atoms with Gasteiger partial charge in [-0.3, -0.25) is 0 Å². The molecule has 1 aromatic carbocycles. The smallest absolute Gasteiger partial charge is 0.485 e. The Kier molecular flexibility index (Phi) is 6.37. The molecule has 1 aliphatic rings. The van der Waals surface area contributed by atoms with E-state index in [4.69, 9.17) is 16.3 Å². The van der Waals surface area contributed by atoms with E-state index in [-0.39, 0.29) is 10.8 Å². The van der Waals surface area contributed by atoms with Gasteiger partial charge in [0.25, 0.3) is 10.0 Å². The van der Waals surface area contributed by atoms with Gasteiger partial charge in [0.15, 0.2) is 5.82 Å². The first-order valence-electron chi connectivity index (χ1n) is 8.45. The number of sulfonamides is 1. The standard InChI is InChI=1S/C16H14ClF4N3O5S2/c1-15(2-3-22-7-15)28-11-5-10(18)12(4-9(11)17)31(26,27)24(13-6-30-8-23-13)29-14(25)16(19,20)21/h4-6,8,22H,2-3,7H2,1H3. The summed E-state index contributed by atoms with van der Waals surface area (Å²) in [5, 5.41) is 3.73. The van der Waals surface area contributed by atoms with Crippen molar-refractivity contribution in [1.82, 2.24) is 10.3 Å². The van der Waals surface area contributed by atoms with Crippen LogP contribution < -0.4 is 14.5 Å². The zero-order valence-electron chi connectivity index (χ0n) is 15.6. The number of rotatable bonds is 6. The summed E-state index contributed by atoms with van der Waals surface area (Å²) in [6, 6.07) is 1.36. The van der Waals surface area contributed by atoms with E-state index in [1.165, 1.54) is 0 Å². The van der Waals surface area contributed by atoms with Crippen LogP contribution in [0.5, 0.6) is 5.75 Å². The third kappa shape index (κ3) is 5.02. The van der Waals surface area contributed by atoms with Gasteiger partial charge in [-0.15, -0.1) is 11.3 Å². The molecule has 0 spiro atoms. The number of nitrogens with zero attached hydrogens (tertiary/aromatic N) is 2. The molecule has 0 radical (unpaired) electrons. The lowest BCUT2D eigenvalue weighted by molar-refractivity contribution is -0.199. The van der Waals surface area contributed by atoms with E-state index in [2.05, 4.69) is 15.1 Å². The Hall–Kier alpha value is -2.16. The Morgan fingerprint density at radius 3 is 2.65 bits per heavy atom. The fourth-order valence-corrected chi connectivity index (χ4v) is 4.77. The van der Waals surface area contributed by atoms with E-state index in [0.717, 1.165) is 22.2 Å². The summed E-state index contributed by atoms with van der Waals surface area (Å²) in [5.74, 6) is -5.05. The minimum atomic E-state index is -5.51. The maximum Gasteiger partial charge on any atom is 0.493 e. The van der Waals surface area contributed by atoms with Crippen molar-refractivity contribution in [3.05, 3.63) is 33.9 Å². The Balaban J connectivity index is 2.00. The molecule has 1 saturated heterocycles. The molecule has 31 heavy (non-hydrogen) atoms. The molecule has 0 bridgehead atoms. The molecule has 3 rings (SSSR count). The molecule has 0 amide bonds. The van der Waals surface area contributed by atoms with Gasteiger partial charge in [0.2, 0.25) is 0 Å². The van der Waals surface area contributed by atoms with Crippen LogP contribution in [-0.2, 0) is 19.7 Å². The molecule has 15 heteroatoms. The molecule has 1 atom stereocenters. The molecule has 1 fully saturated rings. The fourth-order valence-electron chi connectivity index (χ4n) is 2.66. The van der Waals surface area contributed by atoms with E-state index in [1.54, 1.807) is 6.92 Å². The second-order valence-electron chi connectivity index (χ2n) is 6.65. The van der Waals surface area contributed by atoms with Crippen molar-refractivity contribution >= 4 is 44.7 Å². The number of carbonyl (C=O) groups excluding carboxylic acids is 1. The Labute approximate surface area is 182 Å². The number of ether oxygens (including phenoxy) is 1. The third-order valence-electron chi connectivity index (χ3n) is 4.17. The SMILES string of the molecule is CC1(Oc2cc(F)c(S(=O)(=O)N(OC(=O)C(F)(F)F)c3cscn3)cc2Cl)CCNC1. The number of carbonyl (C=O) groups is 1. The highest BCUT2D eigenvalue weighted by Crippen LogP contribution is 2.36. The second-order valence-corrected chi connectivity index (χ2v) is 9.49. The zero-order valence-corrected chi connectivity index (χ0v) is 18.0. The first-order valence-corrected chi connectivity index (χ1v) is 11.2. The van der Waals surface area contributed by atoms with Crippen molar-refractivity contribution in [2.45, 2.75) is 30.0 Å². The maximum atomic E-state index is 14.8. The number of anilines is 1. The first-order chi connectivity index (χ1) is 14.3. The minimum absolute atomic E-state index is 0.156. The third-order valence-corrected chi connectivity index (χ3v) is 6.61. The highest BCUT2D eigenvalue weighted by molar-refractivity contribution is 7.92. The molecule has 170 valence electrons. The van der Waals surface area contributed by atoms with Crippen molar-refractivity contribution in [2.75, 3.05) is 17.6 Å². The summed E-state index contributed by atoms with van der Waals surface area (Å²) in [4.78, 5) is 17.7. The van der Waals surface area contributed by atoms with Crippen molar-refractivity contribution in [1.29, 1.82) is 0 Å². The van der Waals surface area contributed by atoms with Crippen LogP contribution in [0.3, 0.4) is 0 Å². The highest BCUT2D eigenvalue weighted by atomic mass is 35.5. The number of benzene rings is 1. The molecule has 1 aromatic heterocycles. The summed E-state index contributed by atoms with van der Waals surface area (Å²) in [6.45, 7) is 2.83. The molecule has 2 heterocycles. The van der Waals surface area contributed by atoms with Crippen LogP contribution in [-0.4, -0.2) is 44.2 Å². The number of halogens is 5. The van der Waals surface area contributed by atoms with E-state index >= 15 is 0 Å². The van der Waals surface area contributed by atoms with Crippen LogP contribution in [0.25, 0.3) is 0 Å². The number of thiazole rings is 1. The molecule has 0 saturated carbocycles. The Morgan fingerprint density at radius 1 is 1.39 bits per heavy atom. The van der Waals surface area contributed by atoms with E-state index in [0.29, 0.717) is 31.6 Å². The summed E-state index contributed by atoms with van der Waals surface area (Å²) in [7, 11) is -5.18. The van der Waals surface area contributed by atoms with Gasteiger partial charge in [0.1, 0.15) is 22.1 Å². The highest BCUT2D eigenvalue weighted by Gasteiger charge is 2.46. The van der Waals surface area contributed by atoms with Crippen LogP contribution in [0.4, 0.5) is 23.4 Å². The van der Waals surface area contributed by atoms with E-state index in [1.807, 2.05) is 0 Å². The number of hydrogen-bond donors (Lipinski definition) is 1. The van der Waals surface area contributed by atoms with Gasteiger partial charge in [-0.1, -0.05) is 16.1 Å². The predicted octanol–water partition coefficient (Wildman–Crippen LogP) is 3.28. The van der Waals surface area contributed by atoms with E-state index < -0.39 is 48.8 Å². The molecule has 8 nitrogen and oxygen atoms in total. The molecule has 2 aromatic rings. The molecular weight excluding hydrogens is 490 g/mol. The normalized spacial score (nSPS) is 19.3. The van der Waals surface area contributed by atoms with Crippen LogP contribution in [0.1, 0.15) is 13.3 Å². The number of aromatic nitrogens is 1. The monoisotopic (exact) mass is 503 g/mol. The lowest BCUT2D eigenvalue weighted by atomic mass is 10.1. The molecule has 0 aliphatic carbocycles. The molecule has 1 unspecified atom stereocenters. The lowest BCUT2D eigenvalue weighted by Gasteiger charge is -2.26. The topological polar surface area (TPSA) is 97.8 Å². The van der Waals surface area contributed by atoms with Gasteiger partial charge < -0.3 is 14.9 Å². The van der Waals surface area contributed by atoms with Gasteiger partial charge in [-0.25, -0.2) is 14.2 Å². The average molecular weight is 504 g/mol. The van der Waals surface area contributed by atoms with E-state index in [9.17, 15) is 30.8 Å².